The molecule has 6 nitrogen and oxygen atoms in total. The van der Waals surface area contributed by atoms with E-state index in [2.05, 4.69) is 20.5 Å². The third-order valence-corrected chi connectivity index (χ3v) is 6.74. The maximum absolute atomic E-state index is 13.8. The molecule has 0 aromatic heterocycles. The maximum Gasteiger partial charge on any atom is 0.191 e. The van der Waals surface area contributed by atoms with Crippen LogP contribution in [0.3, 0.4) is 0 Å². The summed E-state index contributed by atoms with van der Waals surface area (Å²) >= 11 is 6.07. The summed E-state index contributed by atoms with van der Waals surface area (Å²) in [7, 11) is -2.08. The first-order valence-electron chi connectivity index (χ1n) is 9.34. The van der Waals surface area contributed by atoms with E-state index in [0.717, 1.165) is 31.3 Å². The first-order chi connectivity index (χ1) is 13.9. The molecule has 1 heterocycles. The Morgan fingerprint density at radius 3 is 2.79 bits per heavy atom. The Bertz CT molecular complexity index is 984. The summed E-state index contributed by atoms with van der Waals surface area (Å²) in [5.41, 5.74) is 1.07. The number of anilines is 1. The van der Waals surface area contributed by atoms with E-state index in [1.165, 1.54) is 18.2 Å². The van der Waals surface area contributed by atoms with E-state index in [1.54, 1.807) is 7.05 Å². The molecule has 0 amide bonds. The fourth-order valence-corrected chi connectivity index (χ4v) is 4.71. The van der Waals surface area contributed by atoms with Gasteiger partial charge in [0, 0.05) is 43.4 Å². The highest BCUT2D eigenvalue weighted by Crippen LogP contribution is 2.23. The molecular formula is C20H24ClFN4O2S. The van der Waals surface area contributed by atoms with Gasteiger partial charge in [-0.3, -0.25) is 4.99 Å². The molecule has 1 saturated heterocycles. The Kier molecular flexibility index (Phi) is 6.97. The van der Waals surface area contributed by atoms with Crippen molar-refractivity contribution in [3.8, 4) is 0 Å². The number of guanidine groups is 1. The average Bonchev–Trinajstić information content (AvgIpc) is 3.16. The minimum absolute atomic E-state index is 0.126. The Morgan fingerprint density at radius 2 is 2.07 bits per heavy atom. The number of hydrogen-bond acceptors (Lipinski definition) is 4. The second-order valence-corrected chi connectivity index (χ2v) is 9.32. The van der Waals surface area contributed by atoms with Crippen LogP contribution >= 0.6 is 11.6 Å². The van der Waals surface area contributed by atoms with Gasteiger partial charge in [-0.15, -0.1) is 0 Å². The van der Waals surface area contributed by atoms with Crippen molar-refractivity contribution in [3.05, 3.63) is 59.4 Å². The van der Waals surface area contributed by atoms with Crippen LogP contribution in [0.1, 0.15) is 6.42 Å². The van der Waals surface area contributed by atoms with Gasteiger partial charge in [-0.05, 0) is 36.8 Å². The lowest BCUT2D eigenvalue weighted by molar-refractivity contribution is 0.566. The van der Waals surface area contributed by atoms with Crippen LogP contribution in [0.4, 0.5) is 10.1 Å². The quantitative estimate of drug-likeness (QED) is 0.536. The van der Waals surface area contributed by atoms with E-state index in [-0.39, 0.29) is 23.2 Å². The second kappa shape index (κ2) is 9.45. The van der Waals surface area contributed by atoms with Crippen molar-refractivity contribution >= 4 is 33.1 Å². The first-order valence-corrected chi connectivity index (χ1v) is 11.4. The Morgan fingerprint density at radius 1 is 1.28 bits per heavy atom. The predicted octanol–water partition coefficient (Wildman–Crippen LogP) is 2.70. The molecule has 3 rings (SSSR count). The molecule has 1 aliphatic rings. The number of sulfone groups is 1. The van der Waals surface area contributed by atoms with Crippen LogP contribution in [0, 0.1) is 5.82 Å². The van der Waals surface area contributed by atoms with Gasteiger partial charge in [0.05, 0.1) is 5.75 Å². The van der Waals surface area contributed by atoms with Crippen molar-refractivity contribution in [2.45, 2.75) is 17.4 Å². The number of hydrogen-bond donors (Lipinski definition) is 2. The number of nitrogens with one attached hydrogen (secondary N) is 2. The molecule has 0 spiro atoms. The lowest BCUT2D eigenvalue weighted by Crippen LogP contribution is -2.45. The summed E-state index contributed by atoms with van der Waals surface area (Å²) in [5, 5.41) is 7.02. The molecule has 1 unspecified atom stereocenters. The van der Waals surface area contributed by atoms with Crippen LogP contribution in [0.2, 0.25) is 5.02 Å². The van der Waals surface area contributed by atoms with Crippen LogP contribution in [0.25, 0.3) is 0 Å². The van der Waals surface area contributed by atoms with Crippen molar-refractivity contribution in [3.63, 3.8) is 0 Å². The molecule has 2 aromatic rings. The Balaban J connectivity index is 1.51. The maximum atomic E-state index is 13.8. The molecular weight excluding hydrogens is 415 g/mol. The Labute approximate surface area is 175 Å². The van der Waals surface area contributed by atoms with Gasteiger partial charge < -0.3 is 15.5 Å². The molecule has 0 radical (unpaired) electrons. The summed E-state index contributed by atoms with van der Waals surface area (Å²) in [6, 6.07) is 13.3. The van der Waals surface area contributed by atoms with E-state index >= 15 is 0 Å². The number of halogens is 2. The molecule has 29 heavy (non-hydrogen) atoms. The molecule has 9 heteroatoms. The van der Waals surface area contributed by atoms with Gasteiger partial charge in [0.2, 0.25) is 0 Å². The standard InChI is InChI=1S/C20H24ClFN4O2S/c1-23-20(24-10-12-29(27,28)19-8-3-2-7-18(19)22)25-16-9-11-26(14-16)17-6-4-5-15(21)13-17/h2-8,13,16H,9-12,14H2,1H3,(H2,23,24,25). The SMILES string of the molecule is CN=C(NCCS(=O)(=O)c1ccccc1F)NC1CCN(c2cccc(Cl)c2)C1. The summed E-state index contributed by atoms with van der Waals surface area (Å²) in [6.45, 7) is 1.80. The van der Waals surface area contributed by atoms with Crippen molar-refractivity contribution < 1.29 is 12.8 Å². The third kappa shape index (κ3) is 5.61. The minimum atomic E-state index is -3.71. The van der Waals surface area contributed by atoms with E-state index in [0.29, 0.717) is 11.0 Å². The Hall–Kier alpha value is -2.32. The molecule has 1 aliphatic heterocycles. The minimum Gasteiger partial charge on any atom is -0.369 e. The van der Waals surface area contributed by atoms with Gasteiger partial charge >= 0.3 is 0 Å². The van der Waals surface area contributed by atoms with Crippen LogP contribution in [0.15, 0.2) is 58.4 Å². The number of rotatable bonds is 6. The molecule has 1 fully saturated rings. The highest BCUT2D eigenvalue weighted by molar-refractivity contribution is 7.91. The van der Waals surface area contributed by atoms with Gasteiger partial charge in [-0.1, -0.05) is 29.8 Å². The van der Waals surface area contributed by atoms with Crippen molar-refractivity contribution in [1.29, 1.82) is 0 Å². The van der Waals surface area contributed by atoms with Gasteiger partial charge in [0.1, 0.15) is 10.7 Å². The van der Waals surface area contributed by atoms with Gasteiger partial charge in [0.15, 0.2) is 15.8 Å². The molecule has 2 N–H and O–H groups in total. The fraction of sp³-hybridized carbons (Fsp3) is 0.350. The molecule has 2 aromatic carbocycles. The van der Waals surface area contributed by atoms with Gasteiger partial charge in [0.25, 0.3) is 0 Å². The lowest BCUT2D eigenvalue weighted by atomic mass is 10.3. The predicted molar refractivity (Wildman–Crippen MR) is 115 cm³/mol. The van der Waals surface area contributed by atoms with E-state index < -0.39 is 15.7 Å². The van der Waals surface area contributed by atoms with Gasteiger partial charge in [-0.25, -0.2) is 12.8 Å². The molecule has 156 valence electrons. The molecule has 0 saturated carbocycles. The average molecular weight is 439 g/mol. The van der Waals surface area contributed by atoms with E-state index in [9.17, 15) is 12.8 Å². The summed E-state index contributed by atoms with van der Waals surface area (Å²) in [6.07, 6.45) is 0.917. The molecule has 0 aliphatic carbocycles. The molecule has 0 bridgehead atoms. The highest BCUT2D eigenvalue weighted by Gasteiger charge is 2.24. The zero-order chi connectivity index (χ0) is 20.9. The fourth-order valence-electron chi connectivity index (χ4n) is 3.28. The molecule has 1 atom stereocenters. The number of nitrogens with zero attached hydrogens (tertiary/aromatic N) is 2. The zero-order valence-corrected chi connectivity index (χ0v) is 17.7. The lowest BCUT2D eigenvalue weighted by Gasteiger charge is -2.20. The van der Waals surface area contributed by atoms with Crippen molar-refractivity contribution in [2.24, 2.45) is 4.99 Å². The van der Waals surface area contributed by atoms with E-state index in [1.807, 2.05) is 24.3 Å². The summed E-state index contributed by atoms with van der Waals surface area (Å²) in [4.78, 5) is 6.11. The zero-order valence-electron chi connectivity index (χ0n) is 16.1. The summed E-state index contributed by atoms with van der Waals surface area (Å²) < 4.78 is 38.4. The topological polar surface area (TPSA) is 73.8 Å². The van der Waals surface area contributed by atoms with Gasteiger partial charge in [-0.2, -0.15) is 0 Å². The smallest absolute Gasteiger partial charge is 0.191 e. The first kappa shape index (κ1) is 21.4. The normalized spacial score (nSPS) is 17.4. The monoisotopic (exact) mass is 438 g/mol. The van der Waals surface area contributed by atoms with Crippen LogP contribution < -0.4 is 15.5 Å². The summed E-state index contributed by atoms with van der Waals surface area (Å²) in [5.74, 6) is -0.442. The van der Waals surface area contributed by atoms with Crippen LogP contribution in [-0.4, -0.2) is 52.9 Å². The van der Waals surface area contributed by atoms with Crippen LogP contribution in [-0.2, 0) is 9.84 Å². The van der Waals surface area contributed by atoms with E-state index in [4.69, 9.17) is 11.6 Å². The highest BCUT2D eigenvalue weighted by atomic mass is 35.5. The third-order valence-electron chi connectivity index (χ3n) is 4.76. The second-order valence-electron chi connectivity index (χ2n) is 6.80. The largest absolute Gasteiger partial charge is 0.369 e. The number of aliphatic imine (C=N–C) groups is 1. The number of benzene rings is 2. The van der Waals surface area contributed by atoms with Crippen LogP contribution in [0.5, 0.6) is 0 Å². The van der Waals surface area contributed by atoms with Crippen molar-refractivity contribution in [2.75, 3.05) is 37.3 Å². The van der Waals surface area contributed by atoms with Crippen molar-refractivity contribution in [1.82, 2.24) is 10.6 Å².